The minimum atomic E-state index is -1.62. The number of carbonyl (C=O) groups is 1. The van der Waals surface area contributed by atoms with Crippen molar-refractivity contribution in [1.82, 2.24) is 5.32 Å². The van der Waals surface area contributed by atoms with Crippen molar-refractivity contribution in [2.75, 3.05) is 13.1 Å². The van der Waals surface area contributed by atoms with Crippen LogP contribution >= 0.6 is 0 Å². The topological polar surface area (TPSA) is 58.6 Å². The summed E-state index contributed by atoms with van der Waals surface area (Å²) < 4.78 is 5.07. The summed E-state index contributed by atoms with van der Waals surface area (Å²) in [5, 5.41) is 14.2. The fraction of sp³-hybridized carbons (Fsp3) is 0.526. The highest BCUT2D eigenvalue weighted by Crippen LogP contribution is 2.40. The van der Waals surface area contributed by atoms with E-state index < -0.39 is 11.6 Å². The lowest BCUT2D eigenvalue weighted by Crippen LogP contribution is -2.44. The van der Waals surface area contributed by atoms with Crippen molar-refractivity contribution in [3.8, 4) is 12.0 Å². The van der Waals surface area contributed by atoms with E-state index in [0.29, 0.717) is 12.1 Å². The maximum atomic E-state index is 12.6. The lowest BCUT2D eigenvalue weighted by atomic mass is 9.73. The van der Waals surface area contributed by atoms with E-state index in [1.165, 1.54) is 0 Å². The average molecular weight is 315 g/mol. The minimum Gasteiger partial charge on any atom is -0.374 e. The third-order valence-electron chi connectivity index (χ3n) is 4.40. The molecule has 0 amide bonds. The van der Waals surface area contributed by atoms with Gasteiger partial charge < -0.3 is 15.2 Å². The Balaban J connectivity index is 2.18. The van der Waals surface area contributed by atoms with Crippen LogP contribution in [0.3, 0.4) is 0 Å². The van der Waals surface area contributed by atoms with Crippen molar-refractivity contribution < 1.29 is 14.6 Å². The zero-order chi connectivity index (χ0) is 16.5. The van der Waals surface area contributed by atoms with Gasteiger partial charge in [0.25, 0.3) is 0 Å². The van der Waals surface area contributed by atoms with E-state index >= 15 is 0 Å². The summed E-state index contributed by atoms with van der Waals surface area (Å²) in [5.74, 6) is 1.94. The summed E-state index contributed by atoms with van der Waals surface area (Å²) in [6.07, 6.45) is 7.27. The van der Waals surface area contributed by atoms with Crippen LogP contribution in [0.25, 0.3) is 0 Å². The summed E-state index contributed by atoms with van der Waals surface area (Å²) in [6.45, 7) is 3.24. The molecule has 4 nitrogen and oxygen atoms in total. The van der Waals surface area contributed by atoms with Gasteiger partial charge in [-0.2, -0.15) is 0 Å². The molecular weight excluding hydrogens is 290 g/mol. The van der Waals surface area contributed by atoms with Crippen LogP contribution in [0.5, 0.6) is 0 Å². The molecular formula is C19H25NO3. The third kappa shape index (κ3) is 4.34. The number of hydrogen-bond donors (Lipinski definition) is 2. The van der Waals surface area contributed by atoms with Crippen molar-refractivity contribution >= 4 is 5.97 Å². The molecule has 4 heteroatoms. The van der Waals surface area contributed by atoms with Gasteiger partial charge >= 0.3 is 5.97 Å². The van der Waals surface area contributed by atoms with Gasteiger partial charge in [-0.05, 0) is 30.9 Å². The highest BCUT2D eigenvalue weighted by atomic mass is 16.5. The van der Waals surface area contributed by atoms with Crippen LogP contribution in [-0.4, -0.2) is 24.2 Å². The monoisotopic (exact) mass is 315 g/mol. The Kier molecular flexibility index (Phi) is 6.64. The second-order valence-electron chi connectivity index (χ2n) is 5.92. The van der Waals surface area contributed by atoms with Gasteiger partial charge in [0.1, 0.15) is 6.11 Å². The predicted molar refractivity (Wildman–Crippen MR) is 89.3 cm³/mol. The SMILES string of the molecule is CCNCC#COC(=O)C(O)(c1ccccc1)C1CCCCC1. The molecule has 1 unspecified atom stereocenters. The first kappa shape index (κ1) is 17.5. The molecule has 0 bridgehead atoms. The summed E-state index contributed by atoms with van der Waals surface area (Å²) in [6, 6.07) is 9.08. The fourth-order valence-electron chi connectivity index (χ4n) is 3.12. The van der Waals surface area contributed by atoms with Gasteiger partial charge in [-0.15, -0.1) is 0 Å². The summed E-state index contributed by atoms with van der Waals surface area (Å²) in [4.78, 5) is 12.6. The van der Waals surface area contributed by atoms with Gasteiger partial charge in [-0.25, -0.2) is 4.79 Å². The standard InChI is InChI=1S/C19H25NO3/c1-2-20-14-9-15-23-18(21)19(22,16-10-5-3-6-11-16)17-12-7-4-8-13-17/h3,5-6,10-11,17,20,22H,2,4,7-8,12-14H2,1H3. The van der Waals surface area contributed by atoms with Crippen molar-refractivity contribution in [3.63, 3.8) is 0 Å². The molecule has 0 aromatic heterocycles. The highest BCUT2D eigenvalue weighted by Gasteiger charge is 2.47. The van der Waals surface area contributed by atoms with Crippen LogP contribution in [0, 0.1) is 17.9 Å². The van der Waals surface area contributed by atoms with E-state index in [0.717, 1.165) is 38.6 Å². The zero-order valence-electron chi connectivity index (χ0n) is 13.7. The Morgan fingerprint density at radius 2 is 2.00 bits per heavy atom. The molecule has 124 valence electrons. The maximum Gasteiger partial charge on any atom is 0.357 e. The predicted octanol–water partition coefficient (Wildman–Crippen LogP) is 2.57. The highest BCUT2D eigenvalue weighted by molar-refractivity contribution is 5.82. The fourth-order valence-corrected chi connectivity index (χ4v) is 3.12. The molecule has 0 saturated heterocycles. The molecule has 0 radical (unpaired) electrons. The Bertz CT molecular complexity index is 555. The normalized spacial score (nSPS) is 17.7. The van der Waals surface area contributed by atoms with Crippen LogP contribution in [0.1, 0.15) is 44.6 Å². The number of carbonyl (C=O) groups excluding carboxylic acids is 1. The smallest absolute Gasteiger partial charge is 0.357 e. The van der Waals surface area contributed by atoms with E-state index in [-0.39, 0.29) is 5.92 Å². The van der Waals surface area contributed by atoms with Crippen LogP contribution in [0.4, 0.5) is 0 Å². The summed E-state index contributed by atoms with van der Waals surface area (Å²) >= 11 is 0. The quantitative estimate of drug-likeness (QED) is 0.498. The van der Waals surface area contributed by atoms with Crippen molar-refractivity contribution in [3.05, 3.63) is 35.9 Å². The molecule has 1 aliphatic rings. The molecule has 0 aliphatic heterocycles. The Morgan fingerprint density at radius 1 is 1.30 bits per heavy atom. The summed E-state index contributed by atoms with van der Waals surface area (Å²) in [5.41, 5.74) is -1.03. The largest absolute Gasteiger partial charge is 0.374 e. The lowest BCUT2D eigenvalue weighted by Gasteiger charge is -2.36. The van der Waals surface area contributed by atoms with E-state index in [1.54, 1.807) is 12.1 Å². The molecule has 0 heterocycles. The van der Waals surface area contributed by atoms with E-state index in [4.69, 9.17) is 4.74 Å². The van der Waals surface area contributed by atoms with Crippen molar-refractivity contribution in [2.24, 2.45) is 5.92 Å². The molecule has 1 aliphatic carbocycles. The van der Waals surface area contributed by atoms with Crippen LogP contribution in [0.2, 0.25) is 0 Å². The molecule has 2 rings (SSSR count). The maximum absolute atomic E-state index is 12.6. The number of benzene rings is 1. The van der Waals surface area contributed by atoms with Gasteiger partial charge in [0.05, 0.1) is 6.54 Å². The number of aliphatic hydroxyl groups is 1. The van der Waals surface area contributed by atoms with Gasteiger partial charge in [-0.1, -0.05) is 56.5 Å². The van der Waals surface area contributed by atoms with Crippen molar-refractivity contribution in [2.45, 2.75) is 44.6 Å². The lowest BCUT2D eigenvalue weighted by molar-refractivity contribution is -0.168. The first-order chi connectivity index (χ1) is 11.2. The van der Waals surface area contributed by atoms with Gasteiger partial charge in [-0.3, -0.25) is 0 Å². The Labute approximate surface area is 138 Å². The number of ether oxygens (including phenoxy) is 1. The van der Waals surface area contributed by atoms with Gasteiger partial charge in [0.2, 0.25) is 0 Å². The van der Waals surface area contributed by atoms with Crippen molar-refractivity contribution in [1.29, 1.82) is 0 Å². The van der Waals surface area contributed by atoms with E-state index in [9.17, 15) is 9.90 Å². The molecule has 0 spiro atoms. The minimum absolute atomic E-state index is 0.123. The second-order valence-corrected chi connectivity index (χ2v) is 5.92. The molecule has 1 aromatic carbocycles. The molecule has 1 aromatic rings. The van der Waals surface area contributed by atoms with Crippen LogP contribution in [-0.2, 0) is 15.1 Å². The number of nitrogens with one attached hydrogen (secondary N) is 1. The average Bonchev–Trinajstić information content (AvgIpc) is 2.62. The molecule has 1 atom stereocenters. The van der Waals surface area contributed by atoms with Gasteiger partial charge in [0.15, 0.2) is 5.60 Å². The zero-order valence-corrected chi connectivity index (χ0v) is 13.7. The number of hydrogen-bond acceptors (Lipinski definition) is 4. The van der Waals surface area contributed by atoms with Gasteiger partial charge in [0, 0.05) is 5.92 Å². The Hall–Kier alpha value is -1.83. The molecule has 23 heavy (non-hydrogen) atoms. The summed E-state index contributed by atoms with van der Waals surface area (Å²) in [7, 11) is 0. The van der Waals surface area contributed by atoms with E-state index in [2.05, 4.69) is 17.3 Å². The second kappa shape index (κ2) is 8.71. The Morgan fingerprint density at radius 3 is 2.65 bits per heavy atom. The number of rotatable bonds is 5. The van der Waals surface area contributed by atoms with Crippen LogP contribution < -0.4 is 5.32 Å². The molecule has 2 N–H and O–H groups in total. The van der Waals surface area contributed by atoms with Crippen LogP contribution in [0.15, 0.2) is 30.3 Å². The first-order valence-corrected chi connectivity index (χ1v) is 8.37. The first-order valence-electron chi connectivity index (χ1n) is 8.37. The molecule has 1 fully saturated rings. The van der Waals surface area contributed by atoms with E-state index in [1.807, 2.05) is 25.1 Å². The number of esters is 1. The molecule has 1 saturated carbocycles. The third-order valence-corrected chi connectivity index (χ3v) is 4.40.